The highest BCUT2D eigenvalue weighted by atomic mass is 35.5. The van der Waals surface area contributed by atoms with Crippen LogP contribution in [0.2, 0.25) is 5.02 Å². The van der Waals surface area contributed by atoms with Gasteiger partial charge in [-0.3, -0.25) is 4.79 Å². The van der Waals surface area contributed by atoms with Gasteiger partial charge in [-0.2, -0.15) is 0 Å². The van der Waals surface area contributed by atoms with Gasteiger partial charge in [0, 0.05) is 18.2 Å². The Morgan fingerprint density at radius 1 is 1.19 bits per heavy atom. The van der Waals surface area contributed by atoms with E-state index < -0.39 is 0 Å². The third-order valence-corrected chi connectivity index (χ3v) is 6.19. The van der Waals surface area contributed by atoms with E-state index in [2.05, 4.69) is 0 Å². The van der Waals surface area contributed by atoms with Gasteiger partial charge in [-0.05, 0) is 55.4 Å². The lowest BCUT2D eigenvalue weighted by Crippen LogP contribution is -2.46. The molecular formula is C21H22ClFN2O2. The SMILES string of the molecule is COc1cc(N)c(Cl)cc1C(=O)N1[C@H]2CC[C@H]1CC(c1ccc(F)cc1)C2. The number of piperidine rings is 1. The molecular weight excluding hydrogens is 367 g/mol. The van der Waals surface area contributed by atoms with Gasteiger partial charge in [0.15, 0.2) is 0 Å². The first-order valence-corrected chi connectivity index (χ1v) is 9.57. The van der Waals surface area contributed by atoms with Crippen LogP contribution in [0.1, 0.15) is 47.5 Å². The Bertz CT molecular complexity index is 857. The topological polar surface area (TPSA) is 55.6 Å². The molecule has 0 unspecified atom stereocenters. The van der Waals surface area contributed by atoms with Gasteiger partial charge >= 0.3 is 0 Å². The van der Waals surface area contributed by atoms with E-state index in [1.54, 1.807) is 12.1 Å². The molecule has 2 aliphatic heterocycles. The van der Waals surface area contributed by atoms with Gasteiger partial charge in [-0.25, -0.2) is 4.39 Å². The Labute approximate surface area is 163 Å². The highest BCUT2D eigenvalue weighted by Crippen LogP contribution is 2.44. The van der Waals surface area contributed by atoms with Crippen molar-refractivity contribution in [1.29, 1.82) is 0 Å². The van der Waals surface area contributed by atoms with Crippen molar-refractivity contribution in [1.82, 2.24) is 4.90 Å². The van der Waals surface area contributed by atoms with Crippen molar-refractivity contribution in [2.75, 3.05) is 12.8 Å². The average molecular weight is 389 g/mol. The number of ether oxygens (including phenoxy) is 1. The van der Waals surface area contributed by atoms with Crippen molar-refractivity contribution in [3.8, 4) is 5.75 Å². The largest absolute Gasteiger partial charge is 0.496 e. The van der Waals surface area contributed by atoms with Gasteiger partial charge in [-0.15, -0.1) is 0 Å². The highest BCUT2D eigenvalue weighted by molar-refractivity contribution is 6.33. The molecule has 2 atom stereocenters. The van der Waals surface area contributed by atoms with Crippen LogP contribution in [0, 0.1) is 5.82 Å². The van der Waals surface area contributed by atoms with E-state index in [9.17, 15) is 9.18 Å². The molecule has 0 saturated carbocycles. The van der Waals surface area contributed by atoms with Gasteiger partial charge in [0.25, 0.3) is 5.91 Å². The van der Waals surface area contributed by atoms with Gasteiger partial charge in [0.05, 0.1) is 23.4 Å². The minimum atomic E-state index is -0.221. The molecule has 4 rings (SSSR count). The summed E-state index contributed by atoms with van der Waals surface area (Å²) in [6.45, 7) is 0. The lowest BCUT2D eigenvalue weighted by Gasteiger charge is -2.39. The first-order valence-electron chi connectivity index (χ1n) is 9.19. The summed E-state index contributed by atoms with van der Waals surface area (Å²) in [5.74, 6) is 0.520. The Kier molecular flexibility index (Phi) is 4.72. The normalized spacial score (nSPS) is 24.1. The van der Waals surface area contributed by atoms with Gasteiger partial charge in [0.2, 0.25) is 0 Å². The van der Waals surface area contributed by atoms with Crippen LogP contribution in [0.4, 0.5) is 10.1 Å². The predicted molar refractivity (Wildman–Crippen MR) is 104 cm³/mol. The molecule has 2 saturated heterocycles. The van der Waals surface area contributed by atoms with E-state index in [0.29, 0.717) is 27.9 Å². The zero-order chi connectivity index (χ0) is 19.1. The monoisotopic (exact) mass is 388 g/mol. The molecule has 0 radical (unpaired) electrons. The third-order valence-electron chi connectivity index (χ3n) is 5.86. The Hall–Kier alpha value is -2.27. The van der Waals surface area contributed by atoms with Crippen LogP contribution in [0.3, 0.4) is 0 Å². The van der Waals surface area contributed by atoms with E-state index in [0.717, 1.165) is 31.2 Å². The van der Waals surface area contributed by atoms with Gasteiger partial charge < -0.3 is 15.4 Å². The molecule has 0 aromatic heterocycles. The number of nitrogens with two attached hydrogens (primary N) is 1. The molecule has 27 heavy (non-hydrogen) atoms. The lowest BCUT2D eigenvalue weighted by atomic mass is 9.84. The number of carbonyl (C=O) groups is 1. The Balaban J connectivity index is 1.59. The maximum atomic E-state index is 13.3. The maximum absolute atomic E-state index is 13.3. The predicted octanol–water partition coefficient (Wildman–Crippen LogP) is 4.62. The summed E-state index contributed by atoms with van der Waals surface area (Å²) in [7, 11) is 1.52. The molecule has 142 valence electrons. The van der Waals surface area contributed by atoms with Crippen molar-refractivity contribution < 1.29 is 13.9 Å². The maximum Gasteiger partial charge on any atom is 0.258 e. The smallest absolute Gasteiger partial charge is 0.258 e. The molecule has 2 N–H and O–H groups in total. The molecule has 2 aliphatic rings. The van der Waals surface area contributed by atoms with Crippen molar-refractivity contribution in [3.63, 3.8) is 0 Å². The molecule has 1 amide bonds. The van der Waals surface area contributed by atoms with Crippen molar-refractivity contribution in [2.45, 2.75) is 43.7 Å². The summed E-state index contributed by atoms with van der Waals surface area (Å²) >= 11 is 6.15. The number of hydrogen-bond acceptors (Lipinski definition) is 3. The summed E-state index contributed by atoms with van der Waals surface area (Å²) < 4.78 is 18.6. The van der Waals surface area contributed by atoms with Crippen molar-refractivity contribution in [3.05, 3.63) is 58.4 Å². The molecule has 2 fully saturated rings. The number of halogens is 2. The van der Waals surface area contributed by atoms with Crippen LogP contribution in [0.25, 0.3) is 0 Å². The second kappa shape index (κ2) is 7.04. The van der Waals surface area contributed by atoms with E-state index >= 15 is 0 Å². The summed E-state index contributed by atoms with van der Waals surface area (Å²) in [5.41, 5.74) is 7.83. The first-order chi connectivity index (χ1) is 13.0. The van der Waals surface area contributed by atoms with E-state index in [4.69, 9.17) is 22.1 Å². The number of hydrogen-bond donors (Lipinski definition) is 1. The fourth-order valence-electron chi connectivity index (χ4n) is 4.56. The van der Waals surface area contributed by atoms with Crippen LogP contribution in [0.15, 0.2) is 36.4 Å². The summed E-state index contributed by atoms with van der Waals surface area (Å²) in [4.78, 5) is 15.3. The van der Waals surface area contributed by atoms with Crippen molar-refractivity contribution in [2.24, 2.45) is 0 Å². The molecule has 0 aliphatic carbocycles. The van der Waals surface area contributed by atoms with Gasteiger partial charge in [0.1, 0.15) is 11.6 Å². The minimum Gasteiger partial charge on any atom is -0.496 e. The lowest BCUT2D eigenvalue weighted by molar-refractivity contribution is 0.0568. The summed E-state index contributed by atoms with van der Waals surface area (Å²) in [6, 6.07) is 10.3. The summed E-state index contributed by atoms with van der Waals surface area (Å²) in [5, 5.41) is 0.354. The van der Waals surface area contributed by atoms with E-state index in [-0.39, 0.29) is 23.8 Å². The summed E-state index contributed by atoms with van der Waals surface area (Å²) in [6.07, 6.45) is 3.75. The number of anilines is 1. The molecule has 2 aromatic rings. The van der Waals surface area contributed by atoms with E-state index in [1.165, 1.54) is 19.2 Å². The molecule has 4 nitrogen and oxygen atoms in total. The third kappa shape index (κ3) is 3.25. The highest BCUT2D eigenvalue weighted by Gasteiger charge is 2.44. The number of nitrogens with zero attached hydrogens (tertiary/aromatic N) is 1. The van der Waals surface area contributed by atoms with Crippen LogP contribution in [-0.4, -0.2) is 30.0 Å². The van der Waals surface area contributed by atoms with Crippen LogP contribution in [0.5, 0.6) is 5.75 Å². The van der Waals surface area contributed by atoms with Crippen LogP contribution >= 0.6 is 11.6 Å². The average Bonchev–Trinajstić information content (AvgIpc) is 2.93. The number of nitrogen functional groups attached to an aromatic ring is 1. The number of rotatable bonds is 3. The second-order valence-electron chi connectivity index (χ2n) is 7.39. The number of carbonyl (C=O) groups excluding carboxylic acids is 1. The Morgan fingerprint density at radius 2 is 1.81 bits per heavy atom. The van der Waals surface area contributed by atoms with Crippen LogP contribution in [-0.2, 0) is 0 Å². The zero-order valence-corrected chi connectivity index (χ0v) is 15.9. The van der Waals surface area contributed by atoms with E-state index in [1.807, 2.05) is 17.0 Å². The number of fused-ring (bicyclic) bond motifs is 2. The standard InChI is InChI=1S/C21H22ClFN2O2/c1-27-20-11-19(24)18(22)10-17(20)21(26)25-15-6-7-16(25)9-13(8-15)12-2-4-14(23)5-3-12/h2-5,10-11,13,15-16H,6-9,24H2,1H3/t15-,16-/m0/s1. The fraction of sp³-hybridized carbons (Fsp3) is 0.381. The number of methoxy groups -OCH3 is 1. The second-order valence-corrected chi connectivity index (χ2v) is 7.80. The minimum absolute atomic E-state index is 0.0567. The first kappa shape index (κ1) is 18.1. The quantitative estimate of drug-likeness (QED) is 0.780. The number of benzene rings is 2. The fourth-order valence-corrected chi connectivity index (χ4v) is 4.72. The van der Waals surface area contributed by atoms with Crippen molar-refractivity contribution >= 4 is 23.2 Å². The molecule has 0 spiro atoms. The molecule has 2 aromatic carbocycles. The molecule has 2 heterocycles. The molecule has 6 heteroatoms. The number of amides is 1. The Morgan fingerprint density at radius 3 is 2.41 bits per heavy atom. The molecule has 2 bridgehead atoms. The van der Waals surface area contributed by atoms with Gasteiger partial charge in [-0.1, -0.05) is 23.7 Å². The van der Waals surface area contributed by atoms with Crippen LogP contribution < -0.4 is 10.5 Å². The zero-order valence-electron chi connectivity index (χ0n) is 15.1.